The zero-order valence-electron chi connectivity index (χ0n) is 31.0. The summed E-state index contributed by atoms with van der Waals surface area (Å²) in [6.07, 6.45) is 55.4. The van der Waals surface area contributed by atoms with Gasteiger partial charge in [-0.2, -0.15) is 0 Å². The second-order valence-electron chi connectivity index (χ2n) is 14.1. The molecule has 2 nitrogen and oxygen atoms in total. The fraction of sp³-hybridized carbons (Fsp3) is 0.814. The predicted molar refractivity (Wildman–Crippen MR) is 205 cm³/mol. The SMILES string of the molecule is CCCCC/C=C\C/C=C\CCCCCCCCN(CCCCCCCC/C=C\C/C=C\CCCCC)CCC1CCCN1C. The second kappa shape index (κ2) is 34.2. The minimum absolute atomic E-state index is 0.833. The number of hydrogen-bond acceptors (Lipinski definition) is 2. The molecular weight excluding hydrogens is 544 g/mol. The Morgan fingerprint density at radius 2 is 0.889 bits per heavy atom. The van der Waals surface area contributed by atoms with Gasteiger partial charge in [-0.1, -0.05) is 140 Å². The molecule has 0 bridgehead atoms. The van der Waals surface area contributed by atoms with Gasteiger partial charge in [-0.05, 0) is 130 Å². The van der Waals surface area contributed by atoms with Gasteiger partial charge in [0.2, 0.25) is 0 Å². The topological polar surface area (TPSA) is 6.48 Å². The van der Waals surface area contributed by atoms with Gasteiger partial charge < -0.3 is 9.80 Å². The summed E-state index contributed by atoms with van der Waals surface area (Å²) < 4.78 is 0. The molecule has 0 aromatic rings. The van der Waals surface area contributed by atoms with E-state index in [4.69, 9.17) is 0 Å². The van der Waals surface area contributed by atoms with Crippen molar-refractivity contribution < 1.29 is 0 Å². The van der Waals surface area contributed by atoms with Crippen molar-refractivity contribution in [2.75, 3.05) is 33.2 Å². The molecule has 0 aromatic carbocycles. The summed E-state index contributed by atoms with van der Waals surface area (Å²) in [7, 11) is 2.34. The van der Waals surface area contributed by atoms with E-state index < -0.39 is 0 Å². The van der Waals surface area contributed by atoms with Crippen LogP contribution >= 0.6 is 0 Å². The van der Waals surface area contributed by atoms with Crippen molar-refractivity contribution in [1.82, 2.24) is 9.80 Å². The Morgan fingerprint density at radius 3 is 1.29 bits per heavy atom. The van der Waals surface area contributed by atoms with Gasteiger partial charge in [-0.25, -0.2) is 0 Å². The van der Waals surface area contributed by atoms with Crippen LogP contribution in [0.25, 0.3) is 0 Å². The fourth-order valence-electron chi connectivity index (χ4n) is 6.66. The Hall–Kier alpha value is -1.12. The lowest BCUT2D eigenvalue weighted by atomic mass is 10.1. The average molecular weight is 625 g/mol. The van der Waals surface area contributed by atoms with Crippen molar-refractivity contribution >= 4 is 0 Å². The van der Waals surface area contributed by atoms with Gasteiger partial charge in [0.25, 0.3) is 0 Å². The first kappa shape index (κ1) is 41.9. The van der Waals surface area contributed by atoms with Gasteiger partial charge in [0.1, 0.15) is 0 Å². The molecule has 0 aliphatic carbocycles. The number of allylic oxidation sites excluding steroid dienone is 8. The Morgan fingerprint density at radius 1 is 0.489 bits per heavy atom. The fourth-order valence-corrected chi connectivity index (χ4v) is 6.66. The Balaban J connectivity index is 2.07. The van der Waals surface area contributed by atoms with Crippen LogP contribution in [0.15, 0.2) is 48.6 Å². The average Bonchev–Trinajstić information content (AvgIpc) is 3.46. The molecule has 0 amide bonds. The monoisotopic (exact) mass is 625 g/mol. The van der Waals surface area contributed by atoms with Crippen LogP contribution in [0.2, 0.25) is 0 Å². The Labute approximate surface area is 284 Å². The van der Waals surface area contributed by atoms with Crippen LogP contribution in [-0.2, 0) is 0 Å². The highest BCUT2D eigenvalue weighted by molar-refractivity contribution is 4.93. The number of likely N-dealkylation sites (tertiary alicyclic amines) is 1. The van der Waals surface area contributed by atoms with Crippen molar-refractivity contribution in [2.45, 2.75) is 193 Å². The summed E-state index contributed by atoms with van der Waals surface area (Å²) in [5.41, 5.74) is 0. The number of unbranched alkanes of at least 4 members (excludes halogenated alkanes) is 18. The zero-order chi connectivity index (χ0) is 32.3. The van der Waals surface area contributed by atoms with Crippen LogP contribution in [0.3, 0.4) is 0 Å². The van der Waals surface area contributed by atoms with Gasteiger partial charge in [0.05, 0.1) is 0 Å². The molecular formula is C43H80N2. The molecule has 0 radical (unpaired) electrons. The first-order valence-corrected chi connectivity index (χ1v) is 20.3. The van der Waals surface area contributed by atoms with E-state index in [2.05, 4.69) is 79.3 Å². The van der Waals surface area contributed by atoms with Crippen LogP contribution in [0.4, 0.5) is 0 Å². The summed E-state index contributed by atoms with van der Waals surface area (Å²) in [5.74, 6) is 0. The summed E-state index contributed by atoms with van der Waals surface area (Å²) in [6, 6.07) is 0.833. The molecule has 1 aliphatic heterocycles. The highest BCUT2D eigenvalue weighted by atomic mass is 15.2. The third-order valence-corrected chi connectivity index (χ3v) is 9.80. The smallest absolute Gasteiger partial charge is 0.0105 e. The highest BCUT2D eigenvalue weighted by Gasteiger charge is 2.21. The third-order valence-electron chi connectivity index (χ3n) is 9.80. The van der Waals surface area contributed by atoms with E-state index >= 15 is 0 Å². The van der Waals surface area contributed by atoms with Crippen LogP contribution in [0.5, 0.6) is 0 Å². The maximum Gasteiger partial charge on any atom is 0.0105 e. The van der Waals surface area contributed by atoms with E-state index in [1.807, 2.05) is 0 Å². The van der Waals surface area contributed by atoms with E-state index in [0.29, 0.717) is 0 Å². The molecule has 45 heavy (non-hydrogen) atoms. The van der Waals surface area contributed by atoms with E-state index in [1.165, 1.54) is 187 Å². The van der Waals surface area contributed by atoms with Crippen LogP contribution < -0.4 is 0 Å². The summed E-state index contributed by atoms with van der Waals surface area (Å²) in [4.78, 5) is 5.44. The van der Waals surface area contributed by atoms with E-state index in [1.54, 1.807) is 0 Å². The van der Waals surface area contributed by atoms with Gasteiger partial charge in [-0.3, -0.25) is 0 Å². The molecule has 1 aliphatic rings. The van der Waals surface area contributed by atoms with Gasteiger partial charge in [0, 0.05) is 6.04 Å². The van der Waals surface area contributed by atoms with Crippen molar-refractivity contribution in [3.8, 4) is 0 Å². The van der Waals surface area contributed by atoms with E-state index in [9.17, 15) is 0 Å². The molecule has 1 saturated heterocycles. The van der Waals surface area contributed by atoms with Crippen molar-refractivity contribution in [3.05, 3.63) is 48.6 Å². The molecule has 1 fully saturated rings. The largest absolute Gasteiger partial charge is 0.303 e. The third kappa shape index (κ3) is 28.8. The highest BCUT2D eigenvalue weighted by Crippen LogP contribution is 2.19. The summed E-state index contributed by atoms with van der Waals surface area (Å²) in [6.45, 7) is 9.83. The molecule has 262 valence electrons. The zero-order valence-corrected chi connectivity index (χ0v) is 31.0. The van der Waals surface area contributed by atoms with Crippen LogP contribution in [0, 0.1) is 0 Å². The first-order chi connectivity index (χ1) is 22.3. The minimum atomic E-state index is 0.833. The maximum absolute atomic E-state index is 2.83. The molecule has 1 atom stereocenters. The molecule has 0 N–H and O–H groups in total. The van der Waals surface area contributed by atoms with Crippen LogP contribution in [0.1, 0.15) is 187 Å². The summed E-state index contributed by atoms with van der Waals surface area (Å²) in [5, 5.41) is 0. The molecule has 1 unspecified atom stereocenters. The Bertz CT molecular complexity index is 657. The molecule has 1 rings (SSSR count). The number of nitrogens with zero attached hydrogens (tertiary/aromatic N) is 2. The standard InChI is InChI=1S/C43H80N2/c1-4-6-8-10-12-14-16-18-20-22-24-26-28-30-32-34-40-45(42-38-43-37-36-39-44(43)3)41-35-33-31-29-27-25-23-21-19-17-15-13-11-9-7-5-2/h12-15,18-21,43H,4-11,16-17,22-42H2,1-3H3/b14-12-,15-13-,20-18-,21-19-. The maximum atomic E-state index is 2.83. The van der Waals surface area contributed by atoms with Gasteiger partial charge in [-0.15, -0.1) is 0 Å². The minimum Gasteiger partial charge on any atom is -0.303 e. The Kier molecular flexibility index (Phi) is 31.9. The van der Waals surface area contributed by atoms with Gasteiger partial charge >= 0.3 is 0 Å². The van der Waals surface area contributed by atoms with E-state index in [0.717, 1.165) is 18.9 Å². The molecule has 1 heterocycles. The summed E-state index contributed by atoms with van der Waals surface area (Å²) >= 11 is 0. The molecule has 0 saturated carbocycles. The molecule has 0 spiro atoms. The lowest BCUT2D eigenvalue weighted by Gasteiger charge is -2.26. The normalized spacial score (nSPS) is 16.3. The second-order valence-corrected chi connectivity index (χ2v) is 14.1. The molecule has 2 heteroatoms. The van der Waals surface area contributed by atoms with Crippen molar-refractivity contribution in [3.63, 3.8) is 0 Å². The first-order valence-electron chi connectivity index (χ1n) is 20.3. The number of hydrogen-bond donors (Lipinski definition) is 0. The lowest BCUT2D eigenvalue weighted by Crippen LogP contribution is -2.33. The lowest BCUT2D eigenvalue weighted by molar-refractivity contribution is 0.216. The van der Waals surface area contributed by atoms with Crippen LogP contribution in [-0.4, -0.2) is 49.1 Å². The van der Waals surface area contributed by atoms with Gasteiger partial charge in [0.15, 0.2) is 0 Å². The van der Waals surface area contributed by atoms with Crippen molar-refractivity contribution in [2.24, 2.45) is 0 Å². The van der Waals surface area contributed by atoms with E-state index in [-0.39, 0.29) is 0 Å². The molecule has 0 aromatic heterocycles. The quantitative estimate of drug-likeness (QED) is 0.0529. The van der Waals surface area contributed by atoms with Crippen molar-refractivity contribution in [1.29, 1.82) is 0 Å². The predicted octanol–water partition coefficient (Wildman–Crippen LogP) is 13.4. The number of rotatable bonds is 33.